The summed E-state index contributed by atoms with van der Waals surface area (Å²) in [5.41, 5.74) is 0. The van der Waals surface area contributed by atoms with Crippen LogP contribution in [0.3, 0.4) is 0 Å². The van der Waals surface area contributed by atoms with Crippen LogP contribution in [-0.4, -0.2) is 36.6 Å². The van der Waals surface area contributed by atoms with E-state index in [-0.39, 0.29) is 11.9 Å². The molecule has 0 spiro atoms. The second-order valence-electron chi connectivity index (χ2n) is 5.86. The molecule has 2 fully saturated rings. The van der Waals surface area contributed by atoms with Crippen molar-refractivity contribution in [1.29, 1.82) is 0 Å². The summed E-state index contributed by atoms with van der Waals surface area (Å²) in [5.74, 6) is 0.192. The van der Waals surface area contributed by atoms with Crippen LogP contribution < -0.4 is 0 Å². The third-order valence-electron chi connectivity index (χ3n) is 4.79. The maximum Gasteiger partial charge on any atom is 0.308 e. The van der Waals surface area contributed by atoms with Gasteiger partial charge in [-0.1, -0.05) is 12.8 Å². The second-order valence-corrected chi connectivity index (χ2v) is 5.86. The molecule has 18 heavy (non-hydrogen) atoms. The Morgan fingerprint density at radius 2 is 1.61 bits per heavy atom. The molecular formula is C15H27NO2. The summed E-state index contributed by atoms with van der Waals surface area (Å²) >= 11 is 0. The molecule has 2 aliphatic rings. The summed E-state index contributed by atoms with van der Waals surface area (Å²) in [6.45, 7) is 2.40. The minimum atomic E-state index is 0.0273. The maximum absolute atomic E-state index is 11.7. The van der Waals surface area contributed by atoms with Crippen molar-refractivity contribution in [3.05, 3.63) is 0 Å². The van der Waals surface area contributed by atoms with E-state index in [2.05, 4.69) is 11.9 Å². The van der Waals surface area contributed by atoms with Gasteiger partial charge in [0.25, 0.3) is 0 Å². The molecule has 0 heterocycles. The molecule has 2 aliphatic carbocycles. The quantitative estimate of drug-likeness (QED) is 0.721. The van der Waals surface area contributed by atoms with E-state index in [9.17, 15) is 4.79 Å². The molecule has 3 nitrogen and oxygen atoms in total. The third kappa shape index (κ3) is 3.25. The van der Waals surface area contributed by atoms with Gasteiger partial charge in [0, 0.05) is 12.1 Å². The van der Waals surface area contributed by atoms with Gasteiger partial charge in [0.05, 0.1) is 12.5 Å². The summed E-state index contributed by atoms with van der Waals surface area (Å²) in [7, 11) is 2.28. The van der Waals surface area contributed by atoms with Gasteiger partial charge in [-0.2, -0.15) is 0 Å². The van der Waals surface area contributed by atoms with Crippen LogP contribution in [0.5, 0.6) is 0 Å². The number of nitrogens with zero attached hydrogens (tertiary/aromatic N) is 1. The first-order chi connectivity index (χ1) is 8.72. The van der Waals surface area contributed by atoms with Gasteiger partial charge in [-0.25, -0.2) is 0 Å². The molecule has 0 aromatic rings. The van der Waals surface area contributed by atoms with Gasteiger partial charge in [0.1, 0.15) is 0 Å². The minimum absolute atomic E-state index is 0.0273. The smallest absolute Gasteiger partial charge is 0.308 e. The third-order valence-corrected chi connectivity index (χ3v) is 4.79. The van der Waals surface area contributed by atoms with Gasteiger partial charge >= 0.3 is 5.97 Å². The number of carbonyl (C=O) groups excluding carboxylic acids is 1. The average Bonchev–Trinajstić information content (AvgIpc) is 2.92. The average molecular weight is 253 g/mol. The first-order valence-corrected chi connectivity index (χ1v) is 7.61. The Labute approximate surface area is 111 Å². The van der Waals surface area contributed by atoms with Crippen LogP contribution in [0.25, 0.3) is 0 Å². The zero-order valence-corrected chi connectivity index (χ0v) is 11.9. The van der Waals surface area contributed by atoms with E-state index in [0.717, 1.165) is 31.7 Å². The lowest BCUT2D eigenvalue weighted by Crippen LogP contribution is -2.41. The minimum Gasteiger partial charge on any atom is -0.466 e. The van der Waals surface area contributed by atoms with Crippen LogP contribution in [0, 0.1) is 5.92 Å². The summed E-state index contributed by atoms with van der Waals surface area (Å²) in [6.07, 6.45) is 9.89. The van der Waals surface area contributed by atoms with E-state index < -0.39 is 0 Å². The van der Waals surface area contributed by atoms with Crippen molar-refractivity contribution in [2.75, 3.05) is 13.7 Å². The molecule has 0 aliphatic heterocycles. The summed E-state index contributed by atoms with van der Waals surface area (Å²) in [6, 6.07) is 1.49. The van der Waals surface area contributed by atoms with Crippen molar-refractivity contribution < 1.29 is 9.53 Å². The summed E-state index contributed by atoms with van der Waals surface area (Å²) < 4.78 is 5.12. The van der Waals surface area contributed by atoms with E-state index in [1.807, 2.05) is 6.92 Å². The number of hydrogen-bond donors (Lipinski definition) is 0. The van der Waals surface area contributed by atoms with E-state index in [4.69, 9.17) is 4.74 Å². The van der Waals surface area contributed by atoms with Crippen LogP contribution >= 0.6 is 0 Å². The Morgan fingerprint density at radius 3 is 2.17 bits per heavy atom. The SMILES string of the molecule is CCOC(=O)C1CCC(N(C)C2CCCC2)CC1. The molecule has 0 atom stereocenters. The lowest BCUT2D eigenvalue weighted by Gasteiger charge is -2.37. The molecule has 0 saturated heterocycles. The van der Waals surface area contributed by atoms with Gasteiger partial charge in [-0.05, 0) is 52.5 Å². The molecule has 0 N–H and O–H groups in total. The molecule has 0 aromatic carbocycles. The number of carbonyl (C=O) groups is 1. The van der Waals surface area contributed by atoms with Gasteiger partial charge in [-0.3, -0.25) is 4.79 Å². The molecule has 2 rings (SSSR count). The Bertz CT molecular complexity index is 266. The number of hydrogen-bond acceptors (Lipinski definition) is 3. The Balaban J connectivity index is 1.77. The topological polar surface area (TPSA) is 29.5 Å². The van der Waals surface area contributed by atoms with Crippen LogP contribution in [0.4, 0.5) is 0 Å². The van der Waals surface area contributed by atoms with Crippen LogP contribution in [0.15, 0.2) is 0 Å². The second kappa shape index (κ2) is 6.55. The van der Waals surface area contributed by atoms with Crippen molar-refractivity contribution >= 4 is 5.97 Å². The predicted octanol–water partition coefficient (Wildman–Crippen LogP) is 2.98. The van der Waals surface area contributed by atoms with Crippen LogP contribution in [0.2, 0.25) is 0 Å². The fourth-order valence-electron chi connectivity index (χ4n) is 3.59. The molecular weight excluding hydrogens is 226 g/mol. The summed E-state index contributed by atoms with van der Waals surface area (Å²) in [5, 5.41) is 0. The first kappa shape index (κ1) is 13.9. The normalized spacial score (nSPS) is 29.7. The van der Waals surface area contributed by atoms with Crippen LogP contribution in [0.1, 0.15) is 58.3 Å². The number of rotatable bonds is 4. The molecule has 104 valence electrons. The number of ether oxygens (including phenoxy) is 1. The largest absolute Gasteiger partial charge is 0.466 e. The first-order valence-electron chi connectivity index (χ1n) is 7.61. The highest BCUT2D eigenvalue weighted by Crippen LogP contribution is 2.32. The van der Waals surface area contributed by atoms with Crippen LogP contribution in [-0.2, 0) is 9.53 Å². The van der Waals surface area contributed by atoms with E-state index in [1.165, 1.54) is 25.7 Å². The molecule has 0 radical (unpaired) electrons. The molecule has 0 bridgehead atoms. The fourth-order valence-corrected chi connectivity index (χ4v) is 3.59. The zero-order valence-electron chi connectivity index (χ0n) is 11.9. The van der Waals surface area contributed by atoms with Crippen molar-refractivity contribution in [2.24, 2.45) is 5.92 Å². The van der Waals surface area contributed by atoms with E-state index in [0.29, 0.717) is 12.6 Å². The highest BCUT2D eigenvalue weighted by Gasteiger charge is 2.32. The zero-order chi connectivity index (χ0) is 13.0. The van der Waals surface area contributed by atoms with E-state index in [1.54, 1.807) is 0 Å². The van der Waals surface area contributed by atoms with Gasteiger partial charge < -0.3 is 9.64 Å². The van der Waals surface area contributed by atoms with Crippen molar-refractivity contribution in [3.63, 3.8) is 0 Å². The number of esters is 1. The molecule has 2 saturated carbocycles. The monoisotopic (exact) mass is 253 g/mol. The Kier molecular flexibility index (Phi) is 5.04. The van der Waals surface area contributed by atoms with Crippen molar-refractivity contribution in [1.82, 2.24) is 4.90 Å². The Hall–Kier alpha value is -0.570. The highest BCUT2D eigenvalue weighted by atomic mass is 16.5. The lowest BCUT2D eigenvalue weighted by molar-refractivity contribution is -0.149. The van der Waals surface area contributed by atoms with Gasteiger partial charge in [0.15, 0.2) is 0 Å². The molecule has 0 amide bonds. The fraction of sp³-hybridized carbons (Fsp3) is 0.933. The molecule has 0 unspecified atom stereocenters. The molecule has 3 heteroatoms. The summed E-state index contributed by atoms with van der Waals surface area (Å²) in [4.78, 5) is 14.3. The predicted molar refractivity (Wildman–Crippen MR) is 72.4 cm³/mol. The standard InChI is InChI=1S/C15H27NO2/c1-3-18-15(17)12-8-10-14(11-9-12)16(2)13-6-4-5-7-13/h12-14H,3-11H2,1-2H3. The van der Waals surface area contributed by atoms with Crippen molar-refractivity contribution in [3.8, 4) is 0 Å². The van der Waals surface area contributed by atoms with Gasteiger partial charge in [0.2, 0.25) is 0 Å². The lowest BCUT2D eigenvalue weighted by atomic mass is 9.85. The Morgan fingerprint density at radius 1 is 1.06 bits per heavy atom. The van der Waals surface area contributed by atoms with Gasteiger partial charge in [-0.15, -0.1) is 0 Å². The van der Waals surface area contributed by atoms with Crippen molar-refractivity contribution in [2.45, 2.75) is 70.4 Å². The highest BCUT2D eigenvalue weighted by molar-refractivity contribution is 5.72. The maximum atomic E-state index is 11.7. The van der Waals surface area contributed by atoms with E-state index >= 15 is 0 Å². The molecule has 0 aromatic heterocycles.